The molecule has 0 aromatic heterocycles. The van der Waals surface area contributed by atoms with E-state index in [1.165, 1.54) is 4.90 Å². The van der Waals surface area contributed by atoms with Crippen LogP contribution in [0, 0.1) is 26.4 Å². The van der Waals surface area contributed by atoms with E-state index in [9.17, 15) is 24.8 Å². The Labute approximate surface area is 141 Å². The van der Waals surface area contributed by atoms with Crippen LogP contribution in [0.15, 0.2) is 0 Å². The fourth-order valence-electron chi connectivity index (χ4n) is 5.13. The summed E-state index contributed by atoms with van der Waals surface area (Å²) in [6, 6.07) is -0.190. The summed E-state index contributed by atoms with van der Waals surface area (Å²) in [7, 11) is 0. The molecule has 1 amide bonds. The number of rotatable bonds is 5. The summed E-state index contributed by atoms with van der Waals surface area (Å²) in [6.07, 6.45) is 0.0440. The Morgan fingerprint density at radius 3 is 2.38 bits per heavy atom. The number of likely N-dealkylation sites (tertiary alicyclic amines) is 1. The minimum atomic E-state index is -0.960. The molecule has 1 N–H and O–H groups in total. The molecular weight excluding hydrogens is 316 g/mol. The molecule has 1 heterocycles. The van der Waals surface area contributed by atoms with Crippen LogP contribution < -0.4 is 0 Å². The molecule has 1 aliphatic carbocycles. The lowest BCUT2D eigenvalue weighted by molar-refractivity contribution is -0.507. The monoisotopic (exact) mass is 342 g/mol. The largest absolute Gasteiger partial charge is 0.466 e. The molecule has 1 aliphatic heterocycles. The Hall–Kier alpha value is -1.86. The number of carbonyl (C=O) groups is 2. The van der Waals surface area contributed by atoms with E-state index in [1.807, 2.05) is 20.8 Å². The molecule has 8 heteroatoms. The standard InChI is InChI=1S/C16H26N2O6/c1-5-24-11(19)6-15(9-18(22)23)7-16(8-15)10-17(13(20)21)12(16)14(2,3)4/h12H,5-10H2,1-4H3,(H,20,21). The first-order valence-electron chi connectivity index (χ1n) is 8.22. The lowest BCUT2D eigenvalue weighted by atomic mass is 9.42. The summed E-state index contributed by atoms with van der Waals surface area (Å²) < 4.78 is 4.96. The van der Waals surface area contributed by atoms with E-state index in [-0.39, 0.29) is 41.4 Å². The summed E-state index contributed by atoms with van der Waals surface area (Å²) in [4.78, 5) is 35.4. The number of amides is 1. The number of hydrogen-bond acceptors (Lipinski definition) is 5. The molecule has 1 unspecified atom stereocenters. The van der Waals surface area contributed by atoms with Crippen molar-refractivity contribution < 1.29 is 24.4 Å². The molecule has 8 nitrogen and oxygen atoms in total. The molecule has 0 aromatic carbocycles. The van der Waals surface area contributed by atoms with Crippen molar-refractivity contribution in [3.8, 4) is 0 Å². The van der Waals surface area contributed by atoms with E-state index in [2.05, 4.69) is 0 Å². The molecule has 2 fully saturated rings. The predicted octanol–water partition coefficient (Wildman–Crippen LogP) is 2.39. The van der Waals surface area contributed by atoms with Gasteiger partial charge in [0.1, 0.15) is 0 Å². The lowest BCUT2D eigenvalue weighted by Gasteiger charge is -2.69. The van der Waals surface area contributed by atoms with Crippen LogP contribution in [-0.4, -0.2) is 52.7 Å². The summed E-state index contributed by atoms with van der Waals surface area (Å²) in [5.41, 5.74) is -1.25. The van der Waals surface area contributed by atoms with E-state index < -0.39 is 17.5 Å². The van der Waals surface area contributed by atoms with Gasteiger partial charge >= 0.3 is 12.1 Å². The molecular formula is C16H26N2O6. The second-order valence-electron chi connectivity index (χ2n) is 8.37. The van der Waals surface area contributed by atoms with Gasteiger partial charge in [0.25, 0.3) is 0 Å². The van der Waals surface area contributed by atoms with Crippen molar-refractivity contribution >= 4 is 12.1 Å². The summed E-state index contributed by atoms with van der Waals surface area (Å²) in [5, 5.41) is 20.4. The van der Waals surface area contributed by atoms with Crippen molar-refractivity contribution in [2.45, 2.75) is 53.0 Å². The molecule has 2 rings (SSSR count). The van der Waals surface area contributed by atoms with Gasteiger partial charge in [0.05, 0.1) is 13.0 Å². The second kappa shape index (κ2) is 5.89. The zero-order chi connectivity index (χ0) is 18.3. The third-order valence-corrected chi connectivity index (χ3v) is 5.19. The third-order valence-electron chi connectivity index (χ3n) is 5.19. The van der Waals surface area contributed by atoms with Gasteiger partial charge in [0.15, 0.2) is 0 Å². The summed E-state index contributed by atoms with van der Waals surface area (Å²) >= 11 is 0. The first kappa shape index (κ1) is 18.5. The smallest absolute Gasteiger partial charge is 0.407 e. The molecule has 1 atom stereocenters. The van der Waals surface area contributed by atoms with Crippen LogP contribution in [0.3, 0.4) is 0 Å². The van der Waals surface area contributed by atoms with Gasteiger partial charge in [-0.2, -0.15) is 0 Å². The van der Waals surface area contributed by atoms with Crippen LogP contribution in [0.5, 0.6) is 0 Å². The molecule has 1 saturated heterocycles. The van der Waals surface area contributed by atoms with E-state index >= 15 is 0 Å². The van der Waals surface area contributed by atoms with E-state index in [4.69, 9.17) is 4.74 Å². The first-order chi connectivity index (χ1) is 10.9. The van der Waals surface area contributed by atoms with E-state index in [0.29, 0.717) is 19.4 Å². The van der Waals surface area contributed by atoms with Crippen LogP contribution >= 0.6 is 0 Å². The van der Waals surface area contributed by atoms with Crippen molar-refractivity contribution in [1.82, 2.24) is 4.90 Å². The molecule has 2 aliphatic rings. The van der Waals surface area contributed by atoms with Crippen LogP contribution in [0.4, 0.5) is 4.79 Å². The summed E-state index contributed by atoms with van der Waals surface area (Å²) in [5.74, 6) is -0.420. The maximum Gasteiger partial charge on any atom is 0.407 e. The van der Waals surface area contributed by atoms with Gasteiger partial charge in [-0.05, 0) is 25.2 Å². The van der Waals surface area contributed by atoms with Gasteiger partial charge in [0, 0.05) is 28.3 Å². The zero-order valence-electron chi connectivity index (χ0n) is 14.7. The minimum absolute atomic E-state index is 0.0213. The van der Waals surface area contributed by atoms with Crippen molar-refractivity contribution in [3.63, 3.8) is 0 Å². The van der Waals surface area contributed by atoms with Crippen molar-refractivity contribution in [1.29, 1.82) is 0 Å². The Morgan fingerprint density at radius 2 is 1.96 bits per heavy atom. The molecule has 0 radical (unpaired) electrons. The molecule has 1 spiro atoms. The number of ether oxygens (including phenoxy) is 1. The molecule has 1 saturated carbocycles. The van der Waals surface area contributed by atoms with Gasteiger partial charge in [-0.3, -0.25) is 14.9 Å². The highest BCUT2D eigenvalue weighted by atomic mass is 16.6. The minimum Gasteiger partial charge on any atom is -0.466 e. The first-order valence-corrected chi connectivity index (χ1v) is 8.22. The van der Waals surface area contributed by atoms with Gasteiger partial charge in [-0.1, -0.05) is 20.8 Å². The summed E-state index contributed by atoms with van der Waals surface area (Å²) in [6.45, 7) is 7.99. The quantitative estimate of drug-likeness (QED) is 0.466. The predicted molar refractivity (Wildman–Crippen MR) is 85.2 cm³/mol. The Bertz CT molecular complexity index is 547. The topological polar surface area (TPSA) is 110 Å². The molecule has 0 aromatic rings. The zero-order valence-corrected chi connectivity index (χ0v) is 14.7. The maximum absolute atomic E-state index is 11.9. The fourth-order valence-corrected chi connectivity index (χ4v) is 5.13. The maximum atomic E-state index is 11.9. The van der Waals surface area contributed by atoms with Crippen LogP contribution in [0.25, 0.3) is 0 Å². The van der Waals surface area contributed by atoms with Crippen LogP contribution in [0.2, 0.25) is 0 Å². The van der Waals surface area contributed by atoms with Crippen molar-refractivity contribution in [2.75, 3.05) is 19.7 Å². The SMILES string of the molecule is CCOC(=O)CC1(C[N+](=O)[O-])CC2(CN(C(=O)O)C2C(C)(C)C)C1. The average molecular weight is 342 g/mol. The Kier molecular flexibility index (Phi) is 4.54. The Balaban J connectivity index is 2.17. The van der Waals surface area contributed by atoms with Gasteiger partial charge < -0.3 is 14.7 Å². The van der Waals surface area contributed by atoms with E-state index in [0.717, 1.165) is 0 Å². The van der Waals surface area contributed by atoms with Crippen LogP contribution in [-0.2, 0) is 9.53 Å². The normalized spacial score (nSPS) is 32.0. The van der Waals surface area contributed by atoms with Gasteiger partial charge in [0.2, 0.25) is 6.54 Å². The average Bonchev–Trinajstić information content (AvgIpc) is 2.29. The number of carbonyl (C=O) groups excluding carboxylic acids is 1. The number of hydrogen-bond donors (Lipinski definition) is 1. The highest BCUT2D eigenvalue weighted by Crippen LogP contribution is 2.66. The van der Waals surface area contributed by atoms with Crippen LogP contribution in [0.1, 0.15) is 47.0 Å². The number of carboxylic acid groups (broad SMARTS) is 1. The van der Waals surface area contributed by atoms with Crippen molar-refractivity contribution in [2.24, 2.45) is 16.2 Å². The lowest BCUT2D eigenvalue weighted by Crippen LogP contribution is -2.76. The van der Waals surface area contributed by atoms with E-state index in [1.54, 1.807) is 6.92 Å². The second-order valence-corrected chi connectivity index (χ2v) is 8.37. The third kappa shape index (κ3) is 3.18. The number of esters is 1. The molecule has 136 valence electrons. The van der Waals surface area contributed by atoms with Gasteiger partial charge in [-0.25, -0.2) is 4.79 Å². The number of nitro groups is 1. The number of nitrogens with zero attached hydrogens (tertiary/aromatic N) is 2. The molecule has 0 bridgehead atoms. The highest BCUT2D eigenvalue weighted by Gasteiger charge is 2.70. The van der Waals surface area contributed by atoms with Crippen molar-refractivity contribution in [3.05, 3.63) is 10.1 Å². The Morgan fingerprint density at radius 1 is 1.38 bits per heavy atom. The van der Waals surface area contributed by atoms with Gasteiger partial charge in [-0.15, -0.1) is 0 Å². The fraction of sp³-hybridized carbons (Fsp3) is 0.875. The highest BCUT2D eigenvalue weighted by molar-refractivity contribution is 5.71. The molecule has 24 heavy (non-hydrogen) atoms.